The summed E-state index contributed by atoms with van der Waals surface area (Å²) in [5, 5.41) is 9.99. The SMILES string of the molecule is CC(=O)C1=C(O)C(=O)N(CCCN(C)C)C1c1ccco1. The minimum atomic E-state index is -0.632. The van der Waals surface area contributed by atoms with Crippen LogP contribution in [0.2, 0.25) is 0 Å². The number of carbonyl (C=O) groups excluding carboxylic acids is 2. The van der Waals surface area contributed by atoms with Crippen molar-refractivity contribution in [3.05, 3.63) is 35.5 Å². The van der Waals surface area contributed by atoms with Gasteiger partial charge in [0.25, 0.3) is 5.91 Å². The molecule has 6 nitrogen and oxygen atoms in total. The fourth-order valence-electron chi connectivity index (χ4n) is 2.54. The van der Waals surface area contributed by atoms with Gasteiger partial charge in [-0.2, -0.15) is 0 Å². The number of rotatable bonds is 6. The molecule has 2 heterocycles. The molecule has 1 aromatic rings. The van der Waals surface area contributed by atoms with Gasteiger partial charge in [0.05, 0.1) is 11.8 Å². The van der Waals surface area contributed by atoms with Gasteiger partial charge in [-0.05, 0) is 46.1 Å². The number of nitrogens with zero attached hydrogens (tertiary/aromatic N) is 2. The van der Waals surface area contributed by atoms with Crippen LogP contribution in [0, 0.1) is 0 Å². The molecule has 1 aliphatic rings. The van der Waals surface area contributed by atoms with Gasteiger partial charge in [0, 0.05) is 6.54 Å². The topological polar surface area (TPSA) is 74.0 Å². The lowest BCUT2D eigenvalue weighted by molar-refractivity contribution is -0.129. The van der Waals surface area contributed by atoms with Crippen molar-refractivity contribution in [3.8, 4) is 0 Å². The molecule has 2 rings (SSSR count). The first-order chi connectivity index (χ1) is 9.93. The Kier molecular flexibility index (Phi) is 4.47. The van der Waals surface area contributed by atoms with Crippen LogP contribution in [-0.4, -0.2) is 53.8 Å². The van der Waals surface area contributed by atoms with Gasteiger partial charge < -0.3 is 19.3 Å². The van der Waals surface area contributed by atoms with Crippen molar-refractivity contribution in [2.75, 3.05) is 27.2 Å². The maximum Gasteiger partial charge on any atom is 0.290 e. The maximum absolute atomic E-state index is 12.2. The summed E-state index contributed by atoms with van der Waals surface area (Å²) in [7, 11) is 3.90. The minimum absolute atomic E-state index is 0.111. The predicted octanol–water partition coefficient (Wildman–Crippen LogP) is 1.52. The number of Topliss-reactive ketones (excluding diaryl/α,β-unsaturated/α-hetero) is 1. The molecule has 1 aliphatic heterocycles. The summed E-state index contributed by atoms with van der Waals surface area (Å²) >= 11 is 0. The third-order valence-electron chi connectivity index (χ3n) is 3.50. The third-order valence-corrected chi connectivity index (χ3v) is 3.50. The average Bonchev–Trinajstić information content (AvgIpc) is 2.99. The molecular formula is C15H20N2O4. The molecule has 0 aromatic carbocycles. The summed E-state index contributed by atoms with van der Waals surface area (Å²) < 4.78 is 5.35. The molecule has 0 saturated carbocycles. The highest BCUT2D eigenvalue weighted by Crippen LogP contribution is 2.37. The van der Waals surface area contributed by atoms with E-state index in [2.05, 4.69) is 0 Å². The second-order valence-corrected chi connectivity index (χ2v) is 5.39. The van der Waals surface area contributed by atoms with E-state index in [9.17, 15) is 14.7 Å². The summed E-state index contributed by atoms with van der Waals surface area (Å²) in [6.07, 6.45) is 2.24. The Morgan fingerprint density at radius 1 is 1.48 bits per heavy atom. The first-order valence-electron chi connectivity index (χ1n) is 6.86. The molecule has 1 N–H and O–H groups in total. The Bertz CT molecular complexity index is 560. The number of ketones is 1. The number of hydrogen-bond donors (Lipinski definition) is 1. The van der Waals surface area contributed by atoms with Crippen LogP contribution in [0.15, 0.2) is 34.1 Å². The van der Waals surface area contributed by atoms with Gasteiger partial charge in [0.2, 0.25) is 0 Å². The van der Waals surface area contributed by atoms with Gasteiger partial charge in [-0.3, -0.25) is 9.59 Å². The maximum atomic E-state index is 12.2. The van der Waals surface area contributed by atoms with E-state index in [0.29, 0.717) is 12.3 Å². The molecular weight excluding hydrogens is 272 g/mol. The van der Waals surface area contributed by atoms with Gasteiger partial charge in [0.15, 0.2) is 11.5 Å². The highest BCUT2D eigenvalue weighted by Gasteiger charge is 2.43. The third kappa shape index (κ3) is 3.00. The van der Waals surface area contributed by atoms with Crippen LogP contribution >= 0.6 is 0 Å². The molecule has 114 valence electrons. The normalized spacial score (nSPS) is 19.0. The van der Waals surface area contributed by atoms with E-state index >= 15 is 0 Å². The molecule has 1 aromatic heterocycles. The van der Waals surface area contributed by atoms with Crippen molar-refractivity contribution < 1.29 is 19.1 Å². The van der Waals surface area contributed by atoms with Crippen molar-refractivity contribution in [2.45, 2.75) is 19.4 Å². The van der Waals surface area contributed by atoms with E-state index in [0.717, 1.165) is 13.0 Å². The van der Waals surface area contributed by atoms with Gasteiger partial charge in [-0.25, -0.2) is 0 Å². The molecule has 0 bridgehead atoms. The van der Waals surface area contributed by atoms with Crippen LogP contribution in [0.4, 0.5) is 0 Å². The zero-order chi connectivity index (χ0) is 15.6. The Balaban J connectivity index is 2.27. The molecule has 21 heavy (non-hydrogen) atoms. The van der Waals surface area contributed by atoms with Crippen molar-refractivity contribution in [3.63, 3.8) is 0 Å². The Hall–Kier alpha value is -2.08. The van der Waals surface area contributed by atoms with Crippen LogP contribution in [-0.2, 0) is 9.59 Å². The molecule has 1 unspecified atom stereocenters. The lowest BCUT2D eigenvalue weighted by Gasteiger charge is -2.25. The molecule has 0 fully saturated rings. The standard InChI is InChI=1S/C15H20N2O4/c1-10(18)12-13(11-6-4-9-21-11)17(15(20)14(12)19)8-5-7-16(2)3/h4,6,9,13,19H,5,7-8H2,1-3H3. The predicted molar refractivity (Wildman–Crippen MR) is 76.7 cm³/mol. The second kappa shape index (κ2) is 6.13. The summed E-state index contributed by atoms with van der Waals surface area (Å²) in [6, 6.07) is 2.77. The fraction of sp³-hybridized carbons (Fsp3) is 0.467. The molecule has 6 heteroatoms. The minimum Gasteiger partial charge on any atom is -0.503 e. The molecule has 0 spiro atoms. The Morgan fingerprint density at radius 2 is 2.19 bits per heavy atom. The largest absolute Gasteiger partial charge is 0.503 e. The number of aliphatic hydroxyl groups excluding tert-OH is 1. The number of carbonyl (C=O) groups is 2. The van der Waals surface area contributed by atoms with Crippen LogP contribution in [0.5, 0.6) is 0 Å². The summed E-state index contributed by atoms with van der Waals surface area (Å²) in [5.41, 5.74) is 0.111. The Labute approximate surface area is 123 Å². The zero-order valence-corrected chi connectivity index (χ0v) is 12.5. The quantitative estimate of drug-likeness (QED) is 0.860. The van der Waals surface area contributed by atoms with Gasteiger partial charge >= 0.3 is 0 Å². The van der Waals surface area contributed by atoms with Crippen molar-refractivity contribution in [2.24, 2.45) is 0 Å². The lowest BCUT2D eigenvalue weighted by Crippen LogP contribution is -2.33. The van der Waals surface area contributed by atoms with Gasteiger partial charge in [0.1, 0.15) is 11.8 Å². The van der Waals surface area contributed by atoms with Gasteiger partial charge in [-0.15, -0.1) is 0 Å². The van der Waals surface area contributed by atoms with Crippen LogP contribution in [0.25, 0.3) is 0 Å². The van der Waals surface area contributed by atoms with Crippen LogP contribution in [0.3, 0.4) is 0 Å². The summed E-state index contributed by atoms with van der Waals surface area (Å²) in [5.74, 6) is -0.811. The number of furan rings is 1. The first-order valence-corrected chi connectivity index (χ1v) is 6.86. The lowest BCUT2D eigenvalue weighted by atomic mass is 10.0. The molecule has 1 amide bonds. The summed E-state index contributed by atoms with van der Waals surface area (Å²) in [6.45, 7) is 2.60. The fourth-order valence-corrected chi connectivity index (χ4v) is 2.54. The van der Waals surface area contributed by atoms with Gasteiger partial charge in [-0.1, -0.05) is 0 Å². The van der Waals surface area contributed by atoms with Crippen molar-refractivity contribution >= 4 is 11.7 Å². The highest BCUT2D eigenvalue weighted by atomic mass is 16.3. The van der Waals surface area contributed by atoms with Crippen molar-refractivity contribution in [1.82, 2.24) is 9.80 Å². The van der Waals surface area contributed by atoms with Crippen molar-refractivity contribution in [1.29, 1.82) is 0 Å². The molecule has 1 atom stereocenters. The number of aliphatic hydroxyl groups is 1. The molecule has 0 saturated heterocycles. The van der Waals surface area contributed by atoms with Crippen LogP contribution in [0.1, 0.15) is 25.1 Å². The summed E-state index contributed by atoms with van der Waals surface area (Å²) in [4.78, 5) is 27.5. The van der Waals surface area contributed by atoms with E-state index < -0.39 is 17.7 Å². The zero-order valence-electron chi connectivity index (χ0n) is 12.5. The van der Waals surface area contributed by atoms with Crippen LogP contribution < -0.4 is 0 Å². The smallest absolute Gasteiger partial charge is 0.290 e. The monoisotopic (exact) mass is 292 g/mol. The number of hydrogen-bond acceptors (Lipinski definition) is 5. The van der Waals surface area contributed by atoms with E-state index in [1.165, 1.54) is 18.1 Å². The van der Waals surface area contributed by atoms with E-state index in [-0.39, 0.29) is 11.4 Å². The first kappa shape index (κ1) is 15.3. The average molecular weight is 292 g/mol. The van der Waals surface area contributed by atoms with E-state index in [1.807, 2.05) is 19.0 Å². The second-order valence-electron chi connectivity index (χ2n) is 5.39. The highest BCUT2D eigenvalue weighted by molar-refractivity contribution is 6.07. The number of amides is 1. The molecule has 0 radical (unpaired) electrons. The van der Waals surface area contributed by atoms with E-state index in [1.54, 1.807) is 12.1 Å². The Morgan fingerprint density at radius 3 is 2.71 bits per heavy atom. The molecule has 0 aliphatic carbocycles. The van der Waals surface area contributed by atoms with E-state index in [4.69, 9.17) is 4.42 Å².